The number of imidazole rings is 1. The Hall–Kier alpha value is -2.42. The van der Waals surface area contributed by atoms with Gasteiger partial charge in [0.05, 0.1) is 6.04 Å². The van der Waals surface area contributed by atoms with Gasteiger partial charge in [-0.25, -0.2) is 15.0 Å². The molecule has 3 heterocycles. The average Bonchev–Trinajstić information content (AvgIpc) is 3.25. The van der Waals surface area contributed by atoms with E-state index in [0.717, 1.165) is 18.2 Å². The minimum atomic E-state index is 0.135. The second kappa shape index (κ2) is 4.54. The molecule has 1 unspecified atom stereocenters. The zero-order valence-electron chi connectivity index (χ0n) is 12.8. The summed E-state index contributed by atoms with van der Waals surface area (Å²) in [4.78, 5) is 15.2. The fourth-order valence-corrected chi connectivity index (χ4v) is 3.39. The van der Waals surface area contributed by atoms with Gasteiger partial charge in [-0.2, -0.15) is 5.26 Å². The van der Waals surface area contributed by atoms with Gasteiger partial charge >= 0.3 is 0 Å². The standard InChI is InChI=1S/C16H18N6/c1-16(2)10-22(13-5-6-18-12(9-17)20-13)14(16)15-19-7-8-21(15)11-3-4-11/h5-8,11,14H,3-4,10H2,1-2H3. The second-order valence-corrected chi connectivity index (χ2v) is 6.79. The van der Waals surface area contributed by atoms with Crippen LogP contribution in [-0.4, -0.2) is 26.1 Å². The van der Waals surface area contributed by atoms with Crippen molar-refractivity contribution in [2.24, 2.45) is 5.41 Å². The molecule has 1 saturated carbocycles. The van der Waals surface area contributed by atoms with Crippen LogP contribution < -0.4 is 4.90 Å². The number of rotatable bonds is 3. The van der Waals surface area contributed by atoms with Crippen molar-refractivity contribution in [3.63, 3.8) is 0 Å². The van der Waals surface area contributed by atoms with Gasteiger partial charge in [-0.1, -0.05) is 13.8 Å². The van der Waals surface area contributed by atoms with E-state index >= 15 is 0 Å². The van der Waals surface area contributed by atoms with E-state index in [1.807, 2.05) is 18.3 Å². The topological polar surface area (TPSA) is 70.6 Å². The quantitative estimate of drug-likeness (QED) is 0.869. The van der Waals surface area contributed by atoms with Crippen molar-refractivity contribution >= 4 is 5.82 Å². The smallest absolute Gasteiger partial charge is 0.234 e. The minimum Gasteiger partial charge on any atom is -0.345 e. The van der Waals surface area contributed by atoms with E-state index in [0.29, 0.717) is 6.04 Å². The van der Waals surface area contributed by atoms with E-state index in [1.165, 1.54) is 12.8 Å². The van der Waals surface area contributed by atoms with E-state index in [1.54, 1.807) is 6.20 Å². The number of nitriles is 1. The Morgan fingerprint density at radius 1 is 1.27 bits per heavy atom. The summed E-state index contributed by atoms with van der Waals surface area (Å²) >= 11 is 0. The van der Waals surface area contributed by atoms with Crippen molar-refractivity contribution in [2.75, 3.05) is 11.4 Å². The predicted octanol–water partition coefficient (Wildman–Crippen LogP) is 2.47. The average molecular weight is 294 g/mol. The Kier molecular flexibility index (Phi) is 2.73. The molecule has 2 aromatic heterocycles. The molecule has 2 aliphatic rings. The van der Waals surface area contributed by atoms with E-state index in [9.17, 15) is 0 Å². The summed E-state index contributed by atoms with van der Waals surface area (Å²) in [6.45, 7) is 5.41. The van der Waals surface area contributed by atoms with Gasteiger partial charge in [0.15, 0.2) is 0 Å². The zero-order chi connectivity index (χ0) is 15.3. The highest BCUT2D eigenvalue weighted by atomic mass is 15.3. The first-order valence-electron chi connectivity index (χ1n) is 7.63. The molecule has 112 valence electrons. The fourth-order valence-electron chi connectivity index (χ4n) is 3.39. The molecule has 1 saturated heterocycles. The van der Waals surface area contributed by atoms with E-state index < -0.39 is 0 Å². The molecule has 0 radical (unpaired) electrons. The Labute approximate surface area is 129 Å². The van der Waals surface area contributed by atoms with E-state index in [4.69, 9.17) is 5.26 Å². The van der Waals surface area contributed by atoms with Gasteiger partial charge in [-0.05, 0) is 18.9 Å². The molecule has 6 nitrogen and oxygen atoms in total. The van der Waals surface area contributed by atoms with Gasteiger partial charge in [0.25, 0.3) is 0 Å². The third-order valence-electron chi connectivity index (χ3n) is 4.55. The maximum atomic E-state index is 9.00. The van der Waals surface area contributed by atoms with Crippen molar-refractivity contribution < 1.29 is 0 Å². The van der Waals surface area contributed by atoms with Crippen molar-refractivity contribution in [1.82, 2.24) is 19.5 Å². The summed E-state index contributed by atoms with van der Waals surface area (Å²) in [6, 6.07) is 4.67. The highest BCUT2D eigenvalue weighted by molar-refractivity contribution is 5.47. The van der Waals surface area contributed by atoms with Crippen LogP contribution in [0.15, 0.2) is 24.7 Å². The summed E-state index contributed by atoms with van der Waals surface area (Å²) in [6.07, 6.45) is 8.10. The largest absolute Gasteiger partial charge is 0.345 e. The normalized spacial score (nSPS) is 23.0. The van der Waals surface area contributed by atoms with Crippen LogP contribution in [0.25, 0.3) is 0 Å². The minimum absolute atomic E-state index is 0.135. The number of hydrogen-bond acceptors (Lipinski definition) is 5. The monoisotopic (exact) mass is 294 g/mol. The number of aromatic nitrogens is 4. The molecular formula is C16H18N6. The van der Waals surface area contributed by atoms with Crippen molar-refractivity contribution in [3.05, 3.63) is 36.3 Å². The molecule has 1 aliphatic heterocycles. The first-order valence-corrected chi connectivity index (χ1v) is 7.63. The van der Waals surface area contributed by atoms with Gasteiger partial charge in [0.2, 0.25) is 5.82 Å². The maximum Gasteiger partial charge on any atom is 0.234 e. The predicted molar refractivity (Wildman–Crippen MR) is 81.1 cm³/mol. The molecule has 0 amide bonds. The molecule has 1 atom stereocenters. The lowest BCUT2D eigenvalue weighted by Gasteiger charge is -2.54. The van der Waals surface area contributed by atoms with Crippen molar-refractivity contribution in [1.29, 1.82) is 5.26 Å². The van der Waals surface area contributed by atoms with E-state index in [2.05, 4.69) is 44.5 Å². The van der Waals surface area contributed by atoms with Crippen LogP contribution in [0.3, 0.4) is 0 Å². The number of nitrogens with zero attached hydrogens (tertiary/aromatic N) is 6. The third kappa shape index (κ3) is 1.97. The summed E-state index contributed by atoms with van der Waals surface area (Å²) in [5.41, 5.74) is 0.135. The molecule has 22 heavy (non-hydrogen) atoms. The highest BCUT2D eigenvalue weighted by Gasteiger charge is 2.50. The Balaban J connectivity index is 1.71. The highest BCUT2D eigenvalue weighted by Crippen LogP contribution is 2.51. The molecule has 4 rings (SSSR count). The molecule has 0 aromatic carbocycles. The molecule has 0 bridgehead atoms. The number of hydrogen-bond donors (Lipinski definition) is 0. The molecule has 6 heteroatoms. The first-order chi connectivity index (χ1) is 10.6. The van der Waals surface area contributed by atoms with Crippen molar-refractivity contribution in [2.45, 2.75) is 38.8 Å². The van der Waals surface area contributed by atoms with Crippen LogP contribution in [-0.2, 0) is 0 Å². The number of anilines is 1. The van der Waals surface area contributed by atoms with Crippen molar-refractivity contribution in [3.8, 4) is 6.07 Å². The van der Waals surface area contributed by atoms with Crippen LogP contribution in [0.4, 0.5) is 5.82 Å². The molecular weight excluding hydrogens is 276 g/mol. The molecule has 0 N–H and O–H groups in total. The van der Waals surface area contributed by atoms with Crippen LogP contribution in [0.5, 0.6) is 0 Å². The summed E-state index contributed by atoms with van der Waals surface area (Å²) in [5, 5.41) is 9.00. The van der Waals surface area contributed by atoms with Crippen LogP contribution >= 0.6 is 0 Å². The summed E-state index contributed by atoms with van der Waals surface area (Å²) < 4.78 is 2.31. The van der Waals surface area contributed by atoms with E-state index in [-0.39, 0.29) is 17.3 Å². The Morgan fingerprint density at radius 3 is 2.77 bits per heavy atom. The Bertz CT molecular complexity index is 752. The molecule has 1 aliphatic carbocycles. The van der Waals surface area contributed by atoms with Gasteiger partial charge in [-0.15, -0.1) is 0 Å². The zero-order valence-corrected chi connectivity index (χ0v) is 12.8. The summed E-state index contributed by atoms with van der Waals surface area (Å²) in [7, 11) is 0. The second-order valence-electron chi connectivity index (χ2n) is 6.79. The first kappa shape index (κ1) is 13.3. The van der Waals surface area contributed by atoms with Gasteiger partial charge in [-0.3, -0.25) is 0 Å². The third-order valence-corrected chi connectivity index (χ3v) is 4.55. The fraction of sp³-hybridized carbons (Fsp3) is 0.500. The van der Waals surface area contributed by atoms with Crippen LogP contribution in [0, 0.1) is 16.7 Å². The lowest BCUT2D eigenvalue weighted by molar-refractivity contribution is 0.166. The Morgan fingerprint density at radius 2 is 2.09 bits per heavy atom. The van der Waals surface area contributed by atoms with Gasteiger partial charge < -0.3 is 9.47 Å². The molecule has 2 fully saturated rings. The maximum absolute atomic E-state index is 9.00. The van der Waals surface area contributed by atoms with Gasteiger partial charge in [0, 0.05) is 36.6 Å². The van der Waals surface area contributed by atoms with Crippen LogP contribution in [0.2, 0.25) is 0 Å². The molecule has 2 aromatic rings. The summed E-state index contributed by atoms with van der Waals surface area (Å²) in [5.74, 6) is 2.13. The van der Waals surface area contributed by atoms with Gasteiger partial charge in [0.1, 0.15) is 17.7 Å². The lowest BCUT2D eigenvalue weighted by Crippen LogP contribution is -2.57. The lowest BCUT2D eigenvalue weighted by atomic mass is 9.74. The molecule has 0 spiro atoms. The SMILES string of the molecule is CC1(C)CN(c2ccnc(C#N)n2)C1c1nccn1C1CC1. The van der Waals surface area contributed by atoms with Crippen LogP contribution in [0.1, 0.15) is 50.4 Å².